The van der Waals surface area contributed by atoms with Crippen LogP contribution in [-0.2, 0) is 0 Å². The average molecular weight is 269 g/mol. The van der Waals surface area contributed by atoms with E-state index in [4.69, 9.17) is 0 Å². The number of imidazole rings is 1. The van der Waals surface area contributed by atoms with Crippen LogP contribution in [0.15, 0.2) is 30.6 Å². The van der Waals surface area contributed by atoms with E-state index in [1.807, 2.05) is 6.20 Å². The number of anilines is 2. The Labute approximate surface area is 121 Å². The Kier molecular flexibility index (Phi) is 3.77. The van der Waals surface area contributed by atoms with Gasteiger partial charge in [-0.3, -0.25) is 0 Å². The molecule has 0 unspecified atom stereocenters. The van der Waals surface area contributed by atoms with Crippen LogP contribution in [0.2, 0.25) is 0 Å². The number of hydrogen-bond donors (Lipinski definition) is 1. The molecule has 1 saturated carbocycles. The fourth-order valence-corrected chi connectivity index (χ4v) is 3.24. The Morgan fingerprint density at radius 1 is 1.05 bits per heavy atom. The van der Waals surface area contributed by atoms with Crippen LogP contribution in [0.5, 0.6) is 0 Å². The number of hydrogen-bond acceptors (Lipinski definition) is 2. The maximum absolute atomic E-state index is 4.50. The lowest BCUT2D eigenvalue weighted by atomic mass is 9.95. The third-order valence-corrected chi connectivity index (χ3v) is 4.11. The molecule has 3 heteroatoms. The van der Waals surface area contributed by atoms with Gasteiger partial charge in [0, 0.05) is 24.1 Å². The minimum atomic E-state index is 0.611. The van der Waals surface area contributed by atoms with E-state index in [9.17, 15) is 0 Å². The number of rotatable bonds is 3. The van der Waals surface area contributed by atoms with E-state index in [0.29, 0.717) is 6.04 Å². The van der Waals surface area contributed by atoms with Gasteiger partial charge in [0.05, 0.1) is 0 Å². The molecule has 0 spiro atoms. The summed E-state index contributed by atoms with van der Waals surface area (Å²) < 4.78 is 2.32. The Morgan fingerprint density at radius 2 is 1.75 bits per heavy atom. The van der Waals surface area contributed by atoms with Gasteiger partial charge < -0.3 is 9.88 Å². The molecule has 1 aliphatic rings. The highest BCUT2D eigenvalue weighted by atomic mass is 15.2. The lowest BCUT2D eigenvalue weighted by Gasteiger charge is -2.24. The molecule has 1 heterocycles. The average Bonchev–Trinajstić information content (AvgIpc) is 2.86. The van der Waals surface area contributed by atoms with Gasteiger partial charge in [0.1, 0.15) is 0 Å². The molecule has 1 N–H and O–H groups in total. The summed E-state index contributed by atoms with van der Waals surface area (Å²) in [5, 5.41) is 3.48. The van der Waals surface area contributed by atoms with Crippen LogP contribution in [0, 0.1) is 13.8 Å². The second kappa shape index (κ2) is 5.70. The molecular weight excluding hydrogens is 246 g/mol. The zero-order valence-electron chi connectivity index (χ0n) is 12.4. The molecule has 3 rings (SSSR count). The second-order valence-corrected chi connectivity index (χ2v) is 5.95. The van der Waals surface area contributed by atoms with E-state index in [1.54, 1.807) is 0 Å². The van der Waals surface area contributed by atoms with Crippen molar-refractivity contribution in [1.29, 1.82) is 0 Å². The summed E-state index contributed by atoms with van der Waals surface area (Å²) in [7, 11) is 0. The summed E-state index contributed by atoms with van der Waals surface area (Å²) in [6.07, 6.45) is 10.6. The number of nitrogens with zero attached hydrogens (tertiary/aromatic N) is 2. The molecule has 106 valence electrons. The van der Waals surface area contributed by atoms with Gasteiger partial charge in [-0.2, -0.15) is 0 Å². The molecule has 1 aliphatic carbocycles. The molecule has 2 aromatic rings. The predicted molar refractivity (Wildman–Crippen MR) is 83.5 cm³/mol. The van der Waals surface area contributed by atoms with E-state index in [-0.39, 0.29) is 0 Å². The SMILES string of the molecule is Cc1cc(C)cc(Nc2nccn2C2CCCCC2)c1. The summed E-state index contributed by atoms with van der Waals surface area (Å²) >= 11 is 0. The van der Waals surface area contributed by atoms with Crippen molar-refractivity contribution in [3.63, 3.8) is 0 Å². The summed E-state index contributed by atoms with van der Waals surface area (Å²) in [6, 6.07) is 7.15. The van der Waals surface area contributed by atoms with Gasteiger partial charge in [0.2, 0.25) is 5.95 Å². The first-order valence-electron chi connectivity index (χ1n) is 7.60. The standard InChI is InChI=1S/C17H23N3/c1-13-10-14(2)12-15(11-13)19-17-18-8-9-20(17)16-6-4-3-5-7-16/h8-12,16H,3-7H2,1-2H3,(H,18,19). The highest BCUT2D eigenvalue weighted by Crippen LogP contribution is 2.31. The molecule has 20 heavy (non-hydrogen) atoms. The zero-order chi connectivity index (χ0) is 13.9. The van der Waals surface area contributed by atoms with Crippen LogP contribution in [0.4, 0.5) is 11.6 Å². The van der Waals surface area contributed by atoms with Crippen molar-refractivity contribution in [2.75, 3.05) is 5.32 Å². The van der Waals surface area contributed by atoms with Gasteiger partial charge in [-0.25, -0.2) is 4.98 Å². The number of nitrogens with one attached hydrogen (secondary N) is 1. The van der Waals surface area contributed by atoms with Gasteiger partial charge in [-0.15, -0.1) is 0 Å². The summed E-state index contributed by atoms with van der Waals surface area (Å²) in [5.41, 5.74) is 3.69. The molecule has 1 aromatic carbocycles. The molecule has 0 aliphatic heterocycles. The van der Waals surface area contributed by atoms with Crippen LogP contribution in [0.1, 0.15) is 49.3 Å². The maximum Gasteiger partial charge on any atom is 0.207 e. The van der Waals surface area contributed by atoms with Gasteiger partial charge in [-0.1, -0.05) is 25.3 Å². The van der Waals surface area contributed by atoms with Crippen LogP contribution < -0.4 is 5.32 Å². The monoisotopic (exact) mass is 269 g/mol. The highest BCUT2D eigenvalue weighted by Gasteiger charge is 2.17. The van der Waals surface area contributed by atoms with Crippen molar-refractivity contribution < 1.29 is 0 Å². The lowest BCUT2D eigenvalue weighted by Crippen LogP contribution is -2.14. The van der Waals surface area contributed by atoms with Crippen molar-refractivity contribution in [2.45, 2.75) is 52.0 Å². The van der Waals surface area contributed by atoms with Crippen molar-refractivity contribution in [1.82, 2.24) is 9.55 Å². The molecule has 0 atom stereocenters. The van der Waals surface area contributed by atoms with E-state index >= 15 is 0 Å². The Morgan fingerprint density at radius 3 is 2.45 bits per heavy atom. The van der Waals surface area contributed by atoms with Crippen LogP contribution in [-0.4, -0.2) is 9.55 Å². The van der Waals surface area contributed by atoms with Crippen molar-refractivity contribution in [3.8, 4) is 0 Å². The van der Waals surface area contributed by atoms with E-state index < -0.39 is 0 Å². The number of aromatic nitrogens is 2. The largest absolute Gasteiger partial charge is 0.326 e. The van der Waals surface area contributed by atoms with Crippen LogP contribution in [0.25, 0.3) is 0 Å². The highest BCUT2D eigenvalue weighted by molar-refractivity contribution is 5.56. The number of benzene rings is 1. The molecule has 1 aromatic heterocycles. The Bertz CT molecular complexity index is 559. The first kappa shape index (κ1) is 13.2. The maximum atomic E-state index is 4.50. The van der Waals surface area contributed by atoms with Crippen molar-refractivity contribution in [3.05, 3.63) is 41.7 Å². The first-order chi connectivity index (χ1) is 9.72. The quantitative estimate of drug-likeness (QED) is 0.871. The van der Waals surface area contributed by atoms with Gasteiger partial charge in [-0.05, 0) is 49.9 Å². The molecule has 0 bridgehead atoms. The summed E-state index contributed by atoms with van der Waals surface area (Å²) in [5.74, 6) is 0.974. The smallest absolute Gasteiger partial charge is 0.207 e. The summed E-state index contributed by atoms with van der Waals surface area (Å²) in [4.78, 5) is 4.50. The third kappa shape index (κ3) is 2.87. The van der Waals surface area contributed by atoms with Crippen molar-refractivity contribution in [2.24, 2.45) is 0 Å². The minimum Gasteiger partial charge on any atom is -0.326 e. The fraction of sp³-hybridized carbons (Fsp3) is 0.471. The van der Waals surface area contributed by atoms with E-state index in [2.05, 4.69) is 53.1 Å². The van der Waals surface area contributed by atoms with Crippen LogP contribution >= 0.6 is 0 Å². The molecule has 3 nitrogen and oxygen atoms in total. The fourth-order valence-electron chi connectivity index (χ4n) is 3.24. The van der Waals surface area contributed by atoms with E-state index in [0.717, 1.165) is 11.6 Å². The normalized spacial score (nSPS) is 16.3. The van der Waals surface area contributed by atoms with Gasteiger partial charge in [0.15, 0.2) is 0 Å². The van der Waals surface area contributed by atoms with E-state index in [1.165, 1.54) is 43.2 Å². The van der Waals surface area contributed by atoms with Gasteiger partial charge in [0.25, 0.3) is 0 Å². The van der Waals surface area contributed by atoms with Crippen molar-refractivity contribution >= 4 is 11.6 Å². The summed E-state index contributed by atoms with van der Waals surface area (Å²) in [6.45, 7) is 4.26. The third-order valence-electron chi connectivity index (χ3n) is 4.11. The Hall–Kier alpha value is -1.77. The topological polar surface area (TPSA) is 29.9 Å². The molecule has 0 radical (unpaired) electrons. The molecule has 0 amide bonds. The first-order valence-corrected chi connectivity index (χ1v) is 7.60. The molecule has 1 fully saturated rings. The second-order valence-electron chi connectivity index (χ2n) is 5.95. The zero-order valence-corrected chi connectivity index (χ0v) is 12.4. The molecule has 0 saturated heterocycles. The van der Waals surface area contributed by atoms with Crippen LogP contribution in [0.3, 0.4) is 0 Å². The molecular formula is C17H23N3. The predicted octanol–water partition coefficient (Wildman–Crippen LogP) is 4.75. The minimum absolute atomic E-state index is 0.611. The Balaban J connectivity index is 1.82. The van der Waals surface area contributed by atoms with Gasteiger partial charge >= 0.3 is 0 Å². The number of aryl methyl sites for hydroxylation is 2. The lowest BCUT2D eigenvalue weighted by molar-refractivity contribution is 0.356.